The van der Waals surface area contributed by atoms with E-state index in [1.54, 1.807) is 34.9 Å². The molecule has 0 spiro atoms. The van der Waals surface area contributed by atoms with Gasteiger partial charge in [0, 0.05) is 44.1 Å². The van der Waals surface area contributed by atoms with Crippen molar-refractivity contribution in [1.82, 2.24) is 19.8 Å². The van der Waals surface area contributed by atoms with Gasteiger partial charge in [-0.15, -0.1) is 0 Å². The highest BCUT2D eigenvalue weighted by Gasteiger charge is 2.26. The molecule has 0 bridgehead atoms. The Labute approximate surface area is 158 Å². The van der Waals surface area contributed by atoms with Crippen LogP contribution in [0.5, 0.6) is 0 Å². The minimum absolute atomic E-state index is 0.150. The summed E-state index contributed by atoms with van der Waals surface area (Å²) in [5.74, 6) is -0.351. The molecule has 2 amide bonds. The second-order valence-electron chi connectivity index (χ2n) is 6.07. The Hall–Kier alpha value is -3.01. The molecule has 1 N–H and O–H groups in total. The van der Waals surface area contributed by atoms with Gasteiger partial charge in [0.05, 0.1) is 11.9 Å². The third-order valence-corrected chi connectivity index (χ3v) is 4.74. The summed E-state index contributed by atoms with van der Waals surface area (Å²) >= 11 is 0. The molecule has 1 aromatic heterocycles. The second-order valence-corrected chi connectivity index (χ2v) is 6.81. The van der Waals surface area contributed by atoms with Crippen molar-refractivity contribution in [2.24, 2.45) is 0 Å². The molecule has 0 atom stereocenters. The lowest BCUT2D eigenvalue weighted by atomic mass is 10.1. The maximum Gasteiger partial charge on any atom is 0.274 e. The van der Waals surface area contributed by atoms with Crippen molar-refractivity contribution in [2.75, 3.05) is 30.9 Å². The molecule has 9 nitrogen and oxygen atoms in total. The maximum atomic E-state index is 12.7. The highest BCUT2D eigenvalue weighted by molar-refractivity contribution is 7.73. The molecular weight excluding hydrogens is 370 g/mol. The molecule has 3 rings (SSSR count). The second kappa shape index (κ2) is 8.12. The van der Waals surface area contributed by atoms with Crippen LogP contribution in [0.15, 0.2) is 36.8 Å². The van der Waals surface area contributed by atoms with E-state index in [0.717, 1.165) is 0 Å². The number of nitrogens with zero attached hydrogens (tertiary/aromatic N) is 4. The fraction of sp³-hybridized carbons (Fsp3) is 0.294. The summed E-state index contributed by atoms with van der Waals surface area (Å²) in [5.41, 5.74) is 1.87. The molecule has 1 aliphatic heterocycles. The van der Waals surface area contributed by atoms with E-state index in [2.05, 4.69) is 14.7 Å². The highest BCUT2D eigenvalue weighted by Crippen LogP contribution is 2.18. The molecule has 142 valence electrons. The summed E-state index contributed by atoms with van der Waals surface area (Å²) < 4.78 is 23.9. The van der Waals surface area contributed by atoms with Crippen molar-refractivity contribution in [2.45, 2.75) is 6.92 Å². The average Bonchev–Trinajstić information content (AvgIpc) is 2.69. The van der Waals surface area contributed by atoms with Crippen LogP contribution in [0, 0.1) is 6.92 Å². The van der Waals surface area contributed by atoms with Gasteiger partial charge in [-0.05, 0) is 30.7 Å². The molecule has 0 aliphatic carbocycles. The molecule has 0 saturated carbocycles. The quantitative estimate of drug-likeness (QED) is 0.729. The number of hydrogen-bond donors (Lipinski definition) is 2. The van der Waals surface area contributed by atoms with Crippen LogP contribution in [0.3, 0.4) is 0 Å². The van der Waals surface area contributed by atoms with Crippen LogP contribution in [-0.2, 0) is 10.9 Å². The summed E-state index contributed by atoms with van der Waals surface area (Å²) in [7, 11) is -2.75. The number of aromatic nitrogens is 2. The Balaban J connectivity index is 1.63. The molecule has 1 fully saturated rings. The van der Waals surface area contributed by atoms with Crippen molar-refractivity contribution < 1.29 is 18.0 Å². The standard InChI is InChI=1S/C17H19N5O4S/c1-12-10-13(2-3-14(12)20-27(25)26)16(23)21-6-8-22(9-7-21)17(24)15-11-18-4-5-19-15/h2-5,10-11,27H,6-9H2,1H3,(H,20,25,26). The Morgan fingerprint density at radius 2 is 1.70 bits per heavy atom. The van der Waals surface area contributed by atoms with Crippen LogP contribution < -0.4 is 4.72 Å². The Kier molecular flexibility index (Phi) is 5.65. The highest BCUT2D eigenvalue weighted by atomic mass is 32.2. The third-order valence-electron chi connectivity index (χ3n) is 4.32. The van der Waals surface area contributed by atoms with E-state index < -0.39 is 10.9 Å². The van der Waals surface area contributed by atoms with Crippen LogP contribution in [0.1, 0.15) is 26.4 Å². The minimum Gasteiger partial charge on any atom is -0.335 e. The number of rotatable bonds is 4. The lowest BCUT2D eigenvalue weighted by Gasteiger charge is -2.34. The van der Waals surface area contributed by atoms with E-state index in [9.17, 15) is 18.0 Å². The van der Waals surface area contributed by atoms with Gasteiger partial charge in [-0.2, -0.15) is 0 Å². The van der Waals surface area contributed by atoms with Crippen LogP contribution >= 0.6 is 0 Å². The van der Waals surface area contributed by atoms with Crippen molar-refractivity contribution in [1.29, 1.82) is 0 Å². The van der Waals surface area contributed by atoms with E-state index in [0.29, 0.717) is 43.0 Å². The zero-order valence-corrected chi connectivity index (χ0v) is 15.6. The van der Waals surface area contributed by atoms with Gasteiger partial charge in [0.2, 0.25) is 10.9 Å². The van der Waals surface area contributed by atoms with Crippen molar-refractivity contribution in [3.05, 3.63) is 53.6 Å². The number of benzene rings is 1. The lowest BCUT2D eigenvalue weighted by molar-refractivity contribution is 0.0532. The number of anilines is 1. The fourth-order valence-electron chi connectivity index (χ4n) is 2.89. The Morgan fingerprint density at radius 1 is 1.04 bits per heavy atom. The molecule has 2 heterocycles. The first-order chi connectivity index (χ1) is 13.0. The third kappa shape index (κ3) is 4.40. The van der Waals surface area contributed by atoms with E-state index >= 15 is 0 Å². The van der Waals surface area contributed by atoms with Gasteiger partial charge in [-0.1, -0.05) is 0 Å². The fourth-order valence-corrected chi connectivity index (χ4v) is 3.33. The molecular formula is C17H19N5O4S. The predicted octanol–water partition coefficient (Wildman–Crippen LogP) is 0.322. The summed E-state index contributed by atoms with van der Waals surface area (Å²) in [6, 6.07) is 4.82. The van der Waals surface area contributed by atoms with Gasteiger partial charge in [-0.25, -0.2) is 13.4 Å². The number of carbonyl (C=O) groups excluding carboxylic acids is 2. The van der Waals surface area contributed by atoms with Gasteiger partial charge in [0.1, 0.15) is 5.69 Å². The first-order valence-corrected chi connectivity index (χ1v) is 9.49. The number of carbonyl (C=O) groups is 2. The average molecular weight is 389 g/mol. The largest absolute Gasteiger partial charge is 0.335 e. The molecule has 1 saturated heterocycles. The van der Waals surface area contributed by atoms with Gasteiger partial charge >= 0.3 is 0 Å². The van der Waals surface area contributed by atoms with Gasteiger partial charge in [-0.3, -0.25) is 19.3 Å². The van der Waals surface area contributed by atoms with Gasteiger partial charge in [0.25, 0.3) is 11.8 Å². The van der Waals surface area contributed by atoms with Crippen LogP contribution in [-0.4, -0.2) is 66.2 Å². The van der Waals surface area contributed by atoms with Crippen LogP contribution in [0.2, 0.25) is 0 Å². The summed E-state index contributed by atoms with van der Waals surface area (Å²) in [6.45, 7) is 3.38. The van der Waals surface area contributed by atoms with Crippen molar-refractivity contribution >= 4 is 28.4 Å². The number of aryl methyl sites for hydroxylation is 1. The number of thiol groups is 1. The van der Waals surface area contributed by atoms with E-state index in [1.807, 2.05) is 0 Å². The normalized spacial score (nSPS) is 14.3. The molecule has 2 aromatic rings. The smallest absolute Gasteiger partial charge is 0.274 e. The zero-order valence-electron chi connectivity index (χ0n) is 14.7. The SMILES string of the molecule is Cc1cc(C(=O)N2CCN(C(=O)c3cnccn3)CC2)ccc1N[SH](=O)=O. The Morgan fingerprint density at radius 3 is 2.26 bits per heavy atom. The monoisotopic (exact) mass is 389 g/mol. The van der Waals surface area contributed by atoms with Crippen LogP contribution in [0.4, 0.5) is 5.69 Å². The van der Waals surface area contributed by atoms with E-state index in [-0.39, 0.29) is 17.5 Å². The van der Waals surface area contributed by atoms with Gasteiger partial charge in [0.15, 0.2) is 0 Å². The van der Waals surface area contributed by atoms with Crippen molar-refractivity contribution in [3.63, 3.8) is 0 Å². The first-order valence-electron chi connectivity index (χ1n) is 8.32. The summed E-state index contributed by atoms with van der Waals surface area (Å²) in [5, 5.41) is 0. The molecule has 0 radical (unpaired) electrons. The van der Waals surface area contributed by atoms with E-state index in [4.69, 9.17) is 0 Å². The lowest BCUT2D eigenvalue weighted by Crippen LogP contribution is -2.50. The predicted molar refractivity (Wildman–Crippen MR) is 99.0 cm³/mol. The van der Waals surface area contributed by atoms with Crippen molar-refractivity contribution in [3.8, 4) is 0 Å². The van der Waals surface area contributed by atoms with Crippen LogP contribution in [0.25, 0.3) is 0 Å². The molecule has 1 aliphatic rings. The minimum atomic E-state index is -2.75. The number of hydrogen-bond acceptors (Lipinski definition) is 6. The number of amides is 2. The molecule has 27 heavy (non-hydrogen) atoms. The zero-order chi connectivity index (χ0) is 19.4. The summed E-state index contributed by atoms with van der Waals surface area (Å²) in [6.07, 6.45) is 4.40. The van der Waals surface area contributed by atoms with E-state index in [1.165, 1.54) is 18.6 Å². The topological polar surface area (TPSA) is 113 Å². The first kappa shape index (κ1) is 18.8. The number of piperazine rings is 1. The number of nitrogens with one attached hydrogen (secondary N) is 1. The van der Waals surface area contributed by atoms with Gasteiger partial charge < -0.3 is 9.80 Å². The molecule has 10 heteroatoms. The Bertz CT molecular complexity index is 916. The maximum absolute atomic E-state index is 12.7. The molecule has 1 aromatic carbocycles. The molecule has 0 unspecified atom stereocenters. The summed E-state index contributed by atoms with van der Waals surface area (Å²) in [4.78, 5) is 36.3.